The van der Waals surface area contributed by atoms with Gasteiger partial charge in [0.2, 0.25) is 5.91 Å². The quantitative estimate of drug-likeness (QED) is 0.684. The van der Waals surface area contributed by atoms with Crippen molar-refractivity contribution in [2.24, 2.45) is 5.92 Å². The number of carbonyl (C=O) groups excluding carboxylic acids is 1. The Kier molecular flexibility index (Phi) is 10.7. The molecule has 0 saturated carbocycles. The molecule has 0 aliphatic heterocycles. The van der Waals surface area contributed by atoms with Crippen LogP contribution in [0, 0.1) is 5.92 Å². The first-order valence-corrected chi connectivity index (χ1v) is 7.70. The maximum absolute atomic E-state index is 11.7. The first kappa shape index (κ1) is 20.7. The van der Waals surface area contributed by atoms with Crippen LogP contribution in [0.3, 0.4) is 0 Å². The van der Waals surface area contributed by atoms with E-state index in [0.29, 0.717) is 25.5 Å². The van der Waals surface area contributed by atoms with Crippen LogP contribution in [0.1, 0.15) is 39.2 Å². The van der Waals surface area contributed by atoms with Crippen molar-refractivity contribution in [3.05, 3.63) is 29.8 Å². The maximum Gasteiger partial charge on any atom is 0.222 e. The molecule has 1 rings (SSSR count). The highest BCUT2D eigenvalue weighted by Gasteiger charge is 2.07. The second kappa shape index (κ2) is 11.3. The van der Waals surface area contributed by atoms with Gasteiger partial charge in [-0.15, -0.1) is 12.4 Å². The Morgan fingerprint density at radius 3 is 2.45 bits per heavy atom. The zero-order valence-electron chi connectivity index (χ0n) is 13.8. The number of amides is 1. The van der Waals surface area contributed by atoms with Crippen molar-refractivity contribution in [3.63, 3.8) is 0 Å². The molecule has 0 heterocycles. The van der Waals surface area contributed by atoms with Gasteiger partial charge in [-0.1, -0.05) is 26.0 Å². The van der Waals surface area contributed by atoms with E-state index in [4.69, 9.17) is 10.5 Å². The van der Waals surface area contributed by atoms with Crippen molar-refractivity contribution in [2.75, 3.05) is 18.9 Å². The Balaban J connectivity index is 0.00000441. The van der Waals surface area contributed by atoms with Crippen LogP contribution >= 0.6 is 12.4 Å². The molecule has 0 aliphatic rings. The van der Waals surface area contributed by atoms with E-state index in [9.17, 15) is 4.79 Å². The predicted molar refractivity (Wildman–Crippen MR) is 94.3 cm³/mol. The molecule has 0 fully saturated rings. The van der Waals surface area contributed by atoms with Gasteiger partial charge < -0.3 is 15.8 Å². The number of benzene rings is 1. The van der Waals surface area contributed by atoms with Gasteiger partial charge in [0.1, 0.15) is 0 Å². The van der Waals surface area contributed by atoms with Crippen molar-refractivity contribution in [1.29, 1.82) is 0 Å². The number of hydrogen-bond acceptors (Lipinski definition) is 3. The molecule has 0 saturated heterocycles. The van der Waals surface area contributed by atoms with Gasteiger partial charge in [0, 0.05) is 18.7 Å². The molecule has 0 aromatic heterocycles. The lowest BCUT2D eigenvalue weighted by Crippen LogP contribution is -2.27. The second-order valence-electron chi connectivity index (χ2n) is 5.90. The van der Waals surface area contributed by atoms with Crippen molar-refractivity contribution in [3.8, 4) is 0 Å². The van der Waals surface area contributed by atoms with Crippen LogP contribution < -0.4 is 11.1 Å². The Morgan fingerprint density at radius 1 is 1.23 bits per heavy atom. The SMILES string of the molecule is CC(C)CC(C)OCCC(=O)NCCc1ccc(N)cc1.Cl. The highest BCUT2D eigenvalue weighted by atomic mass is 35.5. The van der Waals surface area contributed by atoms with Crippen LogP contribution in [0.5, 0.6) is 0 Å². The third-order valence-electron chi connectivity index (χ3n) is 3.25. The van der Waals surface area contributed by atoms with Crippen LogP contribution in [-0.2, 0) is 16.0 Å². The minimum atomic E-state index is 0. The van der Waals surface area contributed by atoms with E-state index in [1.165, 1.54) is 5.56 Å². The van der Waals surface area contributed by atoms with Gasteiger partial charge in [0.05, 0.1) is 12.7 Å². The molecule has 0 radical (unpaired) electrons. The zero-order chi connectivity index (χ0) is 15.7. The predicted octanol–water partition coefficient (Wildman–Crippen LogP) is 3.19. The summed E-state index contributed by atoms with van der Waals surface area (Å²) in [4.78, 5) is 11.7. The molecule has 4 nitrogen and oxygen atoms in total. The highest BCUT2D eigenvalue weighted by Crippen LogP contribution is 2.08. The zero-order valence-corrected chi connectivity index (χ0v) is 14.6. The summed E-state index contributed by atoms with van der Waals surface area (Å²) < 4.78 is 5.63. The lowest BCUT2D eigenvalue weighted by Gasteiger charge is -2.14. The lowest BCUT2D eigenvalue weighted by atomic mass is 10.1. The molecular weight excluding hydrogens is 300 g/mol. The molecule has 0 bridgehead atoms. The molecular formula is C17H29ClN2O2. The minimum absolute atomic E-state index is 0. The number of ether oxygens (including phenoxy) is 1. The van der Waals surface area contributed by atoms with Gasteiger partial charge in [-0.2, -0.15) is 0 Å². The fourth-order valence-electron chi connectivity index (χ4n) is 2.20. The van der Waals surface area contributed by atoms with Gasteiger partial charge in [0.15, 0.2) is 0 Å². The summed E-state index contributed by atoms with van der Waals surface area (Å²) in [7, 11) is 0. The largest absolute Gasteiger partial charge is 0.399 e. The maximum atomic E-state index is 11.7. The van der Waals surface area contributed by atoms with Gasteiger partial charge in [-0.3, -0.25) is 4.79 Å². The first-order chi connectivity index (χ1) is 9.97. The standard InChI is InChI=1S/C17H28N2O2.ClH/c1-13(2)12-14(3)21-11-9-17(20)19-10-8-15-4-6-16(18)7-5-15;/h4-7,13-14H,8-12,18H2,1-3H3,(H,19,20);1H. The third kappa shape index (κ3) is 9.64. The summed E-state index contributed by atoms with van der Waals surface area (Å²) in [5.74, 6) is 0.663. The molecule has 0 spiro atoms. The van der Waals surface area contributed by atoms with E-state index < -0.39 is 0 Å². The fraction of sp³-hybridized carbons (Fsp3) is 0.588. The summed E-state index contributed by atoms with van der Waals surface area (Å²) in [6, 6.07) is 7.72. The number of nitrogens with one attached hydrogen (secondary N) is 1. The van der Waals surface area contributed by atoms with E-state index in [-0.39, 0.29) is 24.4 Å². The summed E-state index contributed by atoms with van der Waals surface area (Å²) in [5, 5.41) is 2.91. The molecule has 1 atom stereocenters. The second-order valence-corrected chi connectivity index (χ2v) is 5.90. The summed E-state index contributed by atoms with van der Waals surface area (Å²) in [6.07, 6.45) is 2.48. The monoisotopic (exact) mass is 328 g/mol. The van der Waals surface area contributed by atoms with Gasteiger partial charge >= 0.3 is 0 Å². The van der Waals surface area contributed by atoms with Gasteiger partial charge in [0.25, 0.3) is 0 Å². The number of halogens is 1. The molecule has 0 aliphatic carbocycles. The molecule has 1 aromatic carbocycles. The molecule has 22 heavy (non-hydrogen) atoms. The number of nitrogens with two attached hydrogens (primary N) is 1. The Labute approximate surface area is 140 Å². The van der Waals surface area contributed by atoms with Crippen molar-refractivity contribution >= 4 is 24.0 Å². The fourth-order valence-corrected chi connectivity index (χ4v) is 2.20. The van der Waals surface area contributed by atoms with Crippen molar-refractivity contribution in [1.82, 2.24) is 5.32 Å². The van der Waals surface area contributed by atoms with E-state index >= 15 is 0 Å². The molecule has 1 unspecified atom stereocenters. The normalized spacial score (nSPS) is 11.8. The molecule has 1 amide bonds. The molecule has 1 aromatic rings. The highest BCUT2D eigenvalue weighted by molar-refractivity contribution is 5.85. The van der Waals surface area contributed by atoms with Crippen molar-refractivity contribution in [2.45, 2.75) is 46.1 Å². The van der Waals surface area contributed by atoms with Crippen LogP contribution in [0.15, 0.2) is 24.3 Å². The first-order valence-electron chi connectivity index (χ1n) is 7.70. The molecule has 3 N–H and O–H groups in total. The van der Waals surface area contributed by atoms with Gasteiger partial charge in [-0.05, 0) is 43.4 Å². The van der Waals surface area contributed by atoms with Crippen LogP contribution in [0.4, 0.5) is 5.69 Å². The molecule has 5 heteroatoms. The van der Waals surface area contributed by atoms with Crippen molar-refractivity contribution < 1.29 is 9.53 Å². The number of nitrogen functional groups attached to an aromatic ring is 1. The van der Waals surface area contributed by atoms with Crippen LogP contribution in [0.2, 0.25) is 0 Å². The third-order valence-corrected chi connectivity index (χ3v) is 3.25. The van der Waals surface area contributed by atoms with E-state index in [2.05, 4.69) is 26.1 Å². The van der Waals surface area contributed by atoms with E-state index in [0.717, 1.165) is 18.5 Å². The Morgan fingerprint density at radius 2 is 1.86 bits per heavy atom. The number of rotatable bonds is 9. The average molecular weight is 329 g/mol. The van der Waals surface area contributed by atoms with E-state index in [1.54, 1.807) is 0 Å². The van der Waals surface area contributed by atoms with Crippen LogP contribution in [-0.4, -0.2) is 25.2 Å². The molecule has 126 valence electrons. The Hall–Kier alpha value is -1.26. The summed E-state index contributed by atoms with van der Waals surface area (Å²) in [6.45, 7) is 7.53. The lowest BCUT2D eigenvalue weighted by molar-refractivity contribution is -0.122. The average Bonchev–Trinajstić information content (AvgIpc) is 2.40. The summed E-state index contributed by atoms with van der Waals surface area (Å²) >= 11 is 0. The summed E-state index contributed by atoms with van der Waals surface area (Å²) in [5.41, 5.74) is 7.56. The number of anilines is 1. The van der Waals surface area contributed by atoms with Crippen LogP contribution in [0.25, 0.3) is 0 Å². The smallest absolute Gasteiger partial charge is 0.222 e. The topological polar surface area (TPSA) is 64.3 Å². The van der Waals surface area contributed by atoms with E-state index in [1.807, 2.05) is 24.3 Å². The van der Waals surface area contributed by atoms with Gasteiger partial charge in [-0.25, -0.2) is 0 Å². The Bertz CT molecular complexity index is 421. The minimum Gasteiger partial charge on any atom is -0.399 e. The number of carbonyl (C=O) groups is 1. The number of hydrogen-bond donors (Lipinski definition) is 2.